The molecule has 0 bridgehead atoms. The Labute approximate surface area is 172 Å². The highest BCUT2D eigenvalue weighted by atomic mass is 35.5. The first-order valence-electron chi connectivity index (χ1n) is 9.26. The zero-order valence-electron chi connectivity index (χ0n) is 16.7. The van der Waals surface area contributed by atoms with Gasteiger partial charge in [-0.1, -0.05) is 32.4 Å². The number of anilines is 1. The minimum atomic E-state index is -4.49. The molecule has 2 aromatic heterocycles. The molecule has 158 valence electrons. The lowest BCUT2D eigenvalue weighted by Gasteiger charge is -2.35. The van der Waals surface area contributed by atoms with Crippen molar-refractivity contribution in [3.8, 4) is 0 Å². The molecule has 1 fully saturated rings. The summed E-state index contributed by atoms with van der Waals surface area (Å²) in [6.45, 7) is 9.47. The lowest BCUT2D eigenvalue weighted by molar-refractivity contribution is -0.137. The number of hydrogen-bond acceptors (Lipinski definition) is 4. The van der Waals surface area contributed by atoms with Crippen molar-refractivity contribution in [1.82, 2.24) is 9.88 Å². The number of rotatable bonds is 2. The van der Waals surface area contributed by atoms with Gasteiger partial charge in [0.05, 0.1) is 16.1 Å². The van der Waals surface area contributed by atoms with Crippen LogP contribution >= 0.6 is 11.6 Å². The summed E-state index contributed by atoms with van der Waals surface area (Å²) in [6.07, 6.45) is -3.71. The van der Waals surface area contributed by atoms with E-state index in [4.69, 9.17) is 16.0 Å². The normalized spacial score (nSPS) is 15.7. The van der Waals surface area contributed by atoms with E-state index in [-0.39, 0.29) is 16.3 Å². The summed E-state index contributed by atoms with van der Waals surface area (Å²) < 4.78 is 44.1. The summed E-state index contributed by atoms with van der Waals surface area (Å²) in [5.74, 6) is 1.50. The molecule has 29 heavy (non-hydrogen) atoms. The van der Waals surface area contributed by atoms with Crippen LogP contribution in [0.25, 0.3) is 0 Å². The molecule has 3 heterocycles. The van der Waals surface area contributed by atoms with Crippen molar-refractivity contribution in [3.05, 3.63) is 46.0 Å². The number of amides is 1. The maximum atomic E-state index is 12.9. The number of piperazine rings is 1. The monoisotopic (exact) mass is 429 g/mol. The van der Waals surface area contributed by atoms with Crippen LogP contribution in [0.15, 0.2) is 22.7 Å². The molecule has 0 aliphatic carbocycles. The molecule has 0 N–H and O–H groups in total. The Kier molecular flexibility index (Phi) is 5.60. The van der Waals surface area contributed by atoms with Gasteiger partial charge in [0.2, 0.25) is 0 Å². The molecule has 1 aliphatic rings. The average molecular weight is 430 g/mol. The van der Waals surface area contributed by atoms with Gasteiger partial charge in [-0.05, 0) is 19.1 Å². The van der Waals surface area contributed by atoms with E-state index in [2.05, 4.69) is 4.98 Å². The van der Waals surface area contributed by atoms with Gasteiger partial charge in [-0.15, -0.1) is 0 Å². The Bertz CT molecular complexity index is 911. The third kappa shape index (κ3) is 4.52. The van der Waals surface area contributed by atoms with Gasteiger partial charge in [-0.2, -0.15) is 13.2 Å². The van der Waals surface area contributed by atoms with Crippen molar-refractivity contribution in [2.75, 3.05) is 31.1 Å². The molecule has 0 unspecified atom stereocenters. The molecule has 0 spiro atoms. The van der Waals surface area contributed by atoms with Crippen molar-refractivity contribution >= 4 is 23.3 Å². The number of aromatic nitrogens is 1. The van der Waals surface area contributed by atoms with Gasteiger partial charge >= 0.3 is 6.18 Å². The third-order valence-corrected chi connectivity index (χ3v) is 5.18. The second kappa shape index (κ2) is 7.55. The van der Waals surface area contributed by atoms with Crippen LogP contribution in [-0.2, 0) is 11.6 Å². The quantitative estimate of drug-likeness (QED) is 0.680. The fraction of sp³-hybridized carbons (Fsp3) is 0.500. The summed E-state index contributed by atoms with van der Waals surface area (Å²) in [7, 11) is 0. The number of halogens is 4. The first-order valence-corrected chi connectivity index (χ1v) is 9.63. The number of aryl methyl sites for hydroxylation is 1. The standard InChI is InChI=1S/C20H23ClF3N3O2/c1-12-14(10-16(29-12)19(2,3)4)18(28)27-7-5-26(6-8-27)17-15(21)9-13(11-25-17)20(22,23)24/h9-11H,5-8H2,1-4H3. The van der Waals surface area contributed by atoms with Gasteiger partial charge in [-0.3, -0.25) is 4.79 Å². The first kappa shape index (κ1) is 21.5. The van der Waals surface area contributed by atoms with E-state index < -0.39 is 11.7 Å². The van der Waals surface area contributed by atoms with Crippen molar-refractivity contribution in [2.24, 2.45) is 0 Å². The lowest BCUT2D eigenvalue weighted by atomic mass is 9.93. The number of furan rings is 1. The van der Waals surface area contributed by atoms with E-state index >= 15 is 0 Å². The maximum Gasteiger partial charge on any atom is 0.417 e. The largest absolute Gasteiger partial charge is 0.465 e. The van der Waals surface area contributed by atoms with Gasteiger partial charge in [0.15, 0.2) is 0 Å². The Balaban J connectivity index is 1.70. The molecule has 1 saturated heterocycles. The Morgan fingerprint density at radius 1 is 1.14 bits per heavy atom. The van der Waals surface area contributed by atoms with Crippen LogP contribution in [0, 0.1) is 6.92 Å². The second-order valence-corrected chi connectivity index (χ2v) is 8.54. The van der Waals surface area contributed by atoms with Gasteiger partial charge in [0.1, 0.15) is 17.3 Å². The SMILES string of the molecule is Cc1oc(C(C)(C)C)cc1C(=O)N1CCN(c2ncc(C(F)(F)F)cc2Cl)CC1. The van der Waals surface area contributed by atoms with Crippen molar-refractivity contribution in [3.63, 3.8) is 0 Å². The third-order valence-electron chi connectivity index (χ3n) is 4.90. The van der Waals surface area contributed by atoms with Gasteiger partial charge in [0.25, 0.3) is 5.91 Å². The minimum absolute atomic E-state index is 0.0555. The van der Waals surface area contributed by atoms with Crippen LogP contribution in [0.4, 0.5) is 19.0 Å². The maximum absolute atomic E-state index is 12.9. The molecule has 0 saturated carbocycles. The number of nitrogens with zero attached hydrogens (tertiary/aromatic N) is 3. The minimum Gasteiger partial charge on any atom is -0.465 e. The van der Waals surface area contributed by atoms with Gasteiger partial charge in [0, 0.05) is 37.8 Å². The molecule has 2 aromatic rings. The highest BCUT2D eigenvalue weighted by molar-refractivity contribution is 6.33. The zero-order valence-corrected chi connectivity index (χ0v) is 17.5. The molecule has 0 aromatic carbocycles. The highest BCUT2D eigenvalue weighted by Gasteiger charge is 2.33. The number of alkyl halides is 3. The van der Waals surface area contributed by atoms with Crippen LogP contribution in [0.1, 0.15) is 48.2 Å². The molecule has 1 amide bonds. The number of carbonyl (C=O) groups excluding carboxylic acids is 1. The van der Waals surface area contributed by atoms with E-state index in [0.29, 0.717) is 43.3 Å². The molecule has 0 radical (unpaired) electrons. The predicted octanol–water partition coefficient (Wildman–Crippen LogP) is 4.92. The van der Waals surface area contributed by atoms with Gasteiger partial charge < -0.3 is 14.2 Å². The summed E-state index contributed by atoms with van der Waals surface area (Å²) in [5, 5.41) is -0.0555. The molecule has 9 heteroatoms. The molecule has 3 rings (SSSR count). The smallest absolute Gasteiger partial charge is 0.417 e. The predicted molar refractivity (Wildman–Crippen MR) is 105 cm³/mol. The van der Waals surface area contributed by atoms with E-state index in [1.165, 1.54) is 0 Å². The van der Waals surface area contributed by atoms with E-state index in [1.807, 2.05) is 20.8 Å². The van der Waals surface area contributed by atoms with Crippen LogP contribution in [0.3, 0.4) is 0 Å². The van der Waals surface area contributed by atoms with Crippen LogP contribution in [0.5, 0.6) is 0 Å². The Morgan fingerprint density at radius 2 is 1.76 bits per heavy atom. The lowest BCUT2D eigenvalue weighted by Crippen LogP contribution is -2.49. The van der Waals surface area contributed by atoms with Crippen LogP contribution in [-0.4, -0.2) is 42.0 Å². The highest BCUT2D eigenvalue weighted by Crippen LogP contribution is 2.34. The van der Waals surface area contributed by atoms with Crippen molar-refractivity contribution in [2.45, 2.75) is 39.3 Å². The Morgan fingerprint density at radius 3 is 2.24 bits per heavy atom. The molecule has 0 atom stereocenters. The molecular formula is C20H23ClF3N3O2. The molecule has 1 aliphatic heterocycles. The molecular weight excluding hydrogens is 407 g/mol. The van der Waals surface area contributed by atoms with E-state index in [0.717, 1.165) is 18.0 Å². The van der Waals surface area contributed by atoms with Crippen LogP contribution in [0.2, 0.25) is 5.02 Å². The number of hydrogen-bond donors (Lipinski definition) is 0. The number of pyridine rings is 1. The number of carbonyl (C=O) groups is 1. The average Bonchev–Trinajstić information content (AvgIpc) is 3.02. The fourth-order valence-electron chi connectivity index (χ4n) is 3.17. The molecule has 5 nitrogen and oxygen atoms in total. The van der Waals surface area contributed by atoms with Crippen molar-refractivity contribution < 1.29 is 22.4 Å². The van der Waals surface area contributed by atoms with Crippen LogP contribution < -0.4 is 4.90 Å². The fourth-order valence-corrected chi connectivity index (χ4v) is 3.46. The van der Waals surface area contributed by atoms with Crippen molar-refractivity contribution in [1.29, 1.82) is 0 Å². The Hall–Kier alpha value is -2.22. The first-order chi connectivity index (χ1) is 13.4. The van der Waals surface area contributed by atoms with E-state index in [1.54, 1.807) is 22.8 Å². The second-order valence-electron chi connectivity index (χ2n) is 8.14. The topological polar surface area (TPSA) is 49.6 Å². The van der Waals surface area contributed by atoms with Gasteiger partial charge in [-0.25, -0.2) is 4.98 Å². The van der Waals surface area contributed by atoms with E-state index in [9.17, 15) is 18.0 Å². The summed E-state index contributed by atoms with van der Waals surface area (Å²) in [5.41, 5.74) is -0.549. The summed E-state index contributed by atoms with van der Waals surface area (Å²) in [6, 6.07) is 2.67. The summed E-state index contributed by atoms with van der Waals surface area (Å²) >= 11 is 6.03. The zero-order chi connectivity index (χ0) is 21.6. The summed E-state index contributed by atoms with van der Waals surface area (Å²) in [4.78, 5) is 20.3.